The first kappa shape index (κ1) is 18.9. The molecule has 1 rings (SSSR count). The summed E-state index contributed by atoms with van der Waals surface area (Å²) in [6.45, 7) is 15.0. The third-order valence-corrected chi connectivity index (χ3v) is 5.24. The summed E-state index contributed by atoms with van der Waals surface area (Å²) in [5.74, 6) is 0. The molecule has 1 aliphatic heterocycles. The highest BCUT2D eigenvalue weighted by Gasteiger charge is 2.32. The van der Waals surface area contributed by atoms with Gasteiger partial charge < -0.3 is 10.4 Å². The van der Waals surface area contributed by atoms with Crippen LogP contribution < -0.4 is 5.32 Å². The van der Waals surface area contributed by atoms with Crippen LogP contribution in [0.3, 0.4) is 0 Å². The summed E-state index contributed by atoms with van der Waals surface area (Å²) in [5, 5.41) is 13.4. The summed E-state index contributed by atoms with van der Waals surface area (Å²) in [4.78, 5) is 2.57. The molecule has 0 bridgehead atoms. The van der Waals surface area contributed by atoms with E-state index in [0.717, 1.165) is 26.1 Å². The molecule has 1 heterocycles. The Morgan fingerprint density at radius 2 is 1.76 bits per heavy atom. The molecule has 3 heteroatoms. The lowest BCUT2D eigenvalue weighted by atomic mass is 9.80. The van der Waals surface area contributed by atoms with Crippen molar-refractivity contribution in [1.82, 2.24) is 10.2 Å². The number of aliphatic hydroxyl groups excluding tert-OH is 1. The molecule has 126 valence electrons. The lowest BCUT2D eigenvalue weighted by Gasteiger charge is -2.41. The van der Waals surface area contributed by atoms with Gasteiger partial charge in [-0.05, 0) is 58.4 Å². The molecule has 1 saturated heterocycles. The smallest absolute Gasteiger partial charge is 0.0586 e. The van der Waals surface area contributed by atoms with E-state index >= 15 is 0 Å². The van der Waals surface area contributed by atoms with E-state index in [2.05, 4.69) is 44.8 Å². The van der Waals surface area contributed by atoms with Crippen LogP contribution in [0, 0.1) is 5.41 Å². The Kier molecular flexibility index (Phi) is 7.66. The van der Waals surface area contributed by atoms with Crippen LogP contribution in [-0.2, 0) is 0 Å². The second kappa shape index (κ2) is 8.50. The first-order chi connectivity index (χ1) is 9.86. The molecule has 0 spiro atoms. The van der Waals surface area contributed by atoms with Gasteiger partial charge in [-0.1, -0.05) is 26.7 Å². The quantitative estimate of drug-likeness (QED) is 0.756. The number of nitrogens with zero attached hydrogens (tertiary/aromatic N) is 1. The molecule has 0 aliphatic carbocycles. The van der Waals surface area contributed by atoms with Crippen molar-refractivity contribution in [1.29, 1.82) is 0 Å². The van der Waals surface area contributed by atoms with E-state index in [0.29, 0.717) is 18.1 Å². The highest BCUT2D eigenvalue weighted by molar-refractivity contribution is 4.88. The molecule has 0 aromatic carbocycles. The third-order valence-electron chi connectivity index (χ3n) is 5.24. The van der Waals surface area contributed by atoms with Crippen LogP contribution in [0.25, 0.3) is 0 Å². The first-order valence-corrected chi connectivity index (χ1v) is 8.96. The van der Waals surface area contributed by atoms with Crippen LogP contribution in [0.2, 0.25) is 0 Å². The molecule has 0 aromatic heterocycles. The second-order valence-electron chi connectivity index (χ2n) is 7.97. The monoisotopic (exact) mass is 298 g/mol. The number of hydrogen-bond acceptors (Lipinski definition) is 3. The molecule has 1 fully saturated rings. The van der Waals surface area contributed by atoms with Gasteiger partial charge in [-0.3, -0.25) is 4.90 Å². The number of rotatable bonds is 7. The van der Waals surface area contributed by atoms with Crippen molar-refractivity contribution in [3.8, 4) is 0 Å². The maximum Gasteiger partial charge on any atom is 0.0586 e. The average Bonchev–Trinajstić information content (AvgIpc) is 2.67. The molecular formula is C18H38N2O. The Hall–Kier alpha value is -0.120. The standard InChI is InChI=1S/C18H38N2O/c1-6-18(7-2,14-19-17(3,4)5)15-20-12-10-8-9-11-16(20)13-21/h16,19,21H,6-15H2,1-5H3. The third kappa shape index (κ3) is 6.25. The predicted octanol–water partition coefficient (Wildman–Crippen LogP) is 3.42. The zero-order chi connectivity index (χ0) is 15.9. The van der Waals surface area contributed by atoms with Gasteiger partial charge >= 0.3 is 0 Å². The highest BCUT2D eigenvalue weighted by Crippen LogP contribution is 2.30. The normalized spacial score (nSPS) is 22.3. The summed E-state index contributed by atoms with van der Waals surface area (Å²) in [6.07, 6.45) is 7.42. The number of likely N-dealkylation sites (tertiary alicyclic amines) is 1. The summed E-state index contributed by atoms with van der Waals surface area (Å²) in [6, 6.07) is 0.375. The van der Waals surface area contributed by atoms with Crippen LogP contribution in [0.4, 0.5) is 0 Å². The Morgan fingerprint density at radius 1 is 1.10 bits per heavy atom. The van der Waals surface area contributed by atoms with Crippen LogP contribution in [0.1, 0.15) is 73.1 Å². The zero-order valence-corrected chi connectivity index (χ0v) is 15.0. The zero-order valence-electron chi connectivity index (χ0n) is 15.0. The molecule has 0 amide bonds. The molecule has 0 radical (unpaired) electrons. The van der Waals surface area contributed by atoms with E-state index in [1.807, 2.05) is 0 Å². The lowest BCUT2D eigenvalue weighted by Crippen LogP contribution is -2.51. The number of nitrogens with one attached hydrogen (secondary N) is 1. The van der Waals surface area contributed by atoms with E-state index in [1.54, 1.807) is 0 Å². The Balaban J connectivity index is 2.74. The fourth-order valence-electron chi connectivity index (χ4n) is 3.31. The maximum absolute atomic E-state index is 9.73. The van der Waals surface area contributed by atoms with Crippen molar-refractivity contribution in [2.24, 2.45) is 5.41 Å². The maximum atomic E-state index is 9.73. The molecule has 1 atom stereocenters. The number of aliphatic hydroxyl groups is 1. The minimum absolute atomic E-state index is 0.171. The minimum Gasteiger partial charge on any atom is -0.395 e. The van der Waals surface area contributed by atoms with Crippen LogP contribution in [0.15, 0.2) is 0 Å². The second-order valence-corrected chi connectivity index (χ2v) is 7.97. The average molecular weight is 299 g/mol. The van der Waals surface area contributed by atoms with Gasteiger partial charge in [0.25, 0.3) is 0 Å². The van der Waals surface area contributed by atoms with Crippen molar-refractivity contribution < 1.29 is 5.11 Å². The van der Waals surface area contributed by atoms with Gasteiger partial charge in [0.15, 0.2) is 0 Å². The van der Waals surface area contributed by atoms with Gasteiger partial charge in [-0.15, -0.1) is 0 Å². The van der Waals surface area contributed by atoms with E-state index in [9.17, 15) is 5.11 Å². The van der Waals surface area contributed by atoms with E-state index < -0.39 is 0 Å². The topological polar surface area (TPSA) is 35.5 Å². The van der Waals surface area contributed by atoms with Gasteiger partial charge in [0.05, 0.1) is 6.61 Å². The van der Waals surface area contributed by atoms with Crippen LogP contribution in [0.5, 0.6) is 0 Å². The summed E-state index contributed by atoms with van der Waals surface area (Å²) < 4.78 is 0. The van der Waals surface area contributed by atoms with Crippen molar-refractivity contribution in [2.75, 3.05) is 26.2 Å². The van der Waals surface area contributed by atoms with E-state index in [-0.39, 0.29) is 5.54 Å². The van der Waals surface area contributed by atoms with E-state index in [4.69, 9.17) is 0 Å². The van der Waals surface area contributed by atoms with Crippen LogP contribution in [-0.4, -0.2) is 47.8 Å². The lowest BCUT2D eigenvalue weighted by molar-refractivity contribution is 0.0648. The van der Waals surface area contributed by atoms with Crippen molar-refractivity contribution in [2.45, 2.75) is 84.7 Å². The van der Waals surface area contributed by atoms with Crippen molar-refractivity contribution in [3.05, 3.63) is 0 Å². The molecule has 0 aromatic rings. The Labute approximate surface area is 132 Å². The van der Waals surface area contributed by atoms with Gasteiger partial charge in [0.2, 0.25) is 0 Å². The first-order valence-electron chi connectivity index (χ1n) is 8.96. The van der Waals surface area contributed by atoms with Gasteiger partial charge in [-0.25, -0.2) is 0 Å². The Bertz CT molecular complexity index is 281. The highest BCUT2D eigenvalue weighted by atomic mass is 16.3. The van der Waals surface area contributed by atoms with Crippen molar-refractivity contribution >= 4 is 0 Å². The van der Waals surface area contributed by atoms with Crippen LogP contribution >= 0.6 is 0 Å². The molecule has 21 heavy (non-hydrogen) atoms. The molecule has 3 nitrogen and oxygen atoms in total. The largest absolute Gasteiger partial charge is 0.395 e. The fraction of sp³-hybridized carbons (Fsp3) is 1.00. The predicted molar refractivity (Wildman–Crippen MR) is 91.7 cm³/mol. The van der Waals surface area contributed by atoms with Gasteiger partial charge in [-0.2, -0.15) is 0 Å². The SMILES string of the molecule is CCC(CC)(CNC(C)(C)C)CN1CCCCCC1CO. The molecule has 1 unspecified atom stereocenters. The van der Waals surface area contributed by atoms with Gasteiger partial charge in [0.1, 0.15) is 0 Å². The summed E-state index contributed by atoms with van der Waals surface area (Å²) in [7, 11) is 0. The Morgan fingerprint density at radius 3 is 2.29 bits per heavy atom. The minimum atomic E-state index is 0.171. The van der Waals surface area contributed by atoms with E-state index in [1.165, 1.54) is 32.1 Å². The fourth-order valence-corrected chi connectivity index (χ4v) is 3.31. The van der Waals surface area contributed by atoms with Crippen molar-refractivity contribution in [3.63, 3.8) is 0 Å². The molecule has 2 N–H and O–H groups in total. The molecule has 1 aliphatic rings. The molecule has 0 saturated carbocycles. The molecular weight excluding hydrogens is 260 g/mol. The summed E-state index contributed by atoms with van der Waals surface area (Å²) in [5.41, 5.74) is 0.496. The summed E-state index contributed by atoms with van der Waals surface area (Å²) >= 11 is 0. The van der Waals surface area contributed by atoms with Gasteiger partial charge in [0, 0.05) is 24.7 Å². The number of hydrogen-bond donors (Lipinski definition) is 2.